The van der Waals surface area contributed by atoms with Gasteiger partial charge < -0.3 is 4.42 Å². The van der Waals surface area contributed by atoms with Crippen LogP contribution in [-0.2, 0) is 6.42 Å². The molecule has 0 unspecified atom stereocenters. The van der Waals surface area contributed by atoms with E-state index in [0.717, 1.165) is 117 Å². The first-order valence-electron chi connectivity index (χ1n) is 22.2. The second kappa shape index (κ2) is 15.1. The van der Waals surface area contributed by atoms with Crippen LogP contribution in [0.1, 0.15) is 17.7 Å². The van der Waals surface area contributed by atoms with Crippen LogP contribution >= 0.6 is 0 Å². The minimum Gasteiger partial charge on any atom is -0.460 e. The quantitative estimate of drug-likeness (QED) is 0.156. The lowest BCUT2D eigenvalue weighted by Crippen LogP contribution is -2.01. The third-order valence-corrected chi connectivity index (χ3v) is 13.0. The average Bonchev–Trinajstić information content (AvgIpc) is 3.76. The molecule has 0 spiro atoms. The molecule has 0 fully saturated rings. The van der Waals surface area contributed by atoms with Crippen molar-refractivity contribution in [2.75, 3.05) is 0 Å². The Morgan fingerprint density at radius 3 is 1.66 bits per heavy atom. The number of para-hydroxylation sites is 1. The highest BCUT2D eigenvalue weighted by molar-refractivity contribution is 6.24. The van der Waals surface area contributed by atoms with Gasteiger partial charge in [0, 0.05) is 61.3 Å². The van der Waals surface area contributed by atoms with Gasteiger partial charge in [-0.3, -0.25) is 0 Å². The van der Waals surface area contributed by atoms with Gasteiger partial charge in [-0.2, -0.15) is 0 Å². The van der Waals surface area contributed by atoms with E-state index in [9.17, 15) is 0 Å². The van der Waals surface area contributed by atoms with Crippen LogP contribution in [0, 0.1) is 0 Å². The van der Waals surface area contributed by atoms with Crippen LogP contribution in [-0.4, -0.2) is 19.9 Å². The summed E-state index contributed by atoms with van der Waals surface area (Å²) in [5, 5.41) is 8.88. The molecule has 0 saturated heterocycles. The topological polar surface area (TPSA) is 64.7 Å². The largest absolute Gasteiger partial charge is 0.460 e. The van der Waals surface area contributed by atoms with Crippen LogP contribution in [0.3, 0.4) is 0 Å². The molecule has 13 rings (SSSR count). The maximum absolute atomic E-state index is 6.80. The molecule has 0 saturated carbocycles. The van der Waals surface area contributed by atoms with Gasteiger partial charge in [-0.05, 0) is 56.8 Å². The monoisotopic (exact) mass is 830 g/mol. The van der Waals surface area contributed by atoms with E-state index >= 15 is 0 Å². The summed E-state index contributed by atoms with van der Waals surface area (Å²) < 4.78 is 6.80. The fraction of sp³-hybridized carbons (Fsp3) is 0.0333. The van der Waals surface area contributed by atoms with Crippen LogP contribution in [0.15, 0.2) is 205 Å². The Bertz CT molecular complexity index is 3760. The van der Waals surface area contributed by atoms with Crippen molar-refractivity contribution in [1.82, 2.24) is 19.9 Å². The molecule has 0 radical (unpaired) electrons. The summed E-state index contributed by atoms with van der Waals surface area (Å²) >= 11 is 0. The van der Waals surface area contributed by atoms with Gasteiger partial charge in [0.15, 0.2) is 17.5 Å². The van der Waals surface area contributed by atoms with Crippen molar-refractivity contribution in [3.05, 3.63) is 212 Å². The number of nitrogens with zero attached hydrogens (tertiary/aromatic N) is 4. The minimum absolute atomic E-state index is 0.611. The van der Waals surface area contributed by atoms with E-state index in [0.29, 0.717) is 17.5 Å². The van der Waals surface area contributed by atoms with Gasteiger partial charge in [0.1, 0.15) is 11.3 Å². The normalized spacial score (nSPS) is 12.4. The number of fused-ring (bicyclic) bond motifs is 8. The van der Waals surface area contributed by atoms with Gasteiger partial charge >= 0.3 is 0 Å². The van der Waals surface area contributed by atoms with Gasteiger partial charge in [0.05, 0.1) is 11.2 Å². The predicted octanol–water partition coefficient (Wildman–Crippen LogP) is 15.6. The Kier molecular flexibility index (Phi) is 8.59. The van der Waals surface area contributed by atoms with Crippen LogP contribution in [0.5, 0.6) is 0 Å². The molecule has 3 heterocycles. The molecule has 0 atom stereocenters. The van der Waals surface area contributed by atoms with E-state index in [4.69, 9.17) is 24.4 Å². The molecule has 0 amide bonds. The third kappa shape index (κ3) is 6.23. The Labute approximate surface area is 375 Å². The lowest BCUT2D eigenvalue weighted by molar-refractivity contribution is 0.546. The molecule has 5 heteroatoms. The first-order valence-corrected chi connectivity index (χ1v) is 22.2. The van der Waals surface area contributed by atoms with Gasteiger partial charge in [0.2, 0.25) is 0 Å². The molecular formula is C60H38N4O. The summed E-state index contributed by atoms with van der Waals surface area (Å²) in [6.45, 7) is 0. The molecule has 0 N–H and O–H groups in total. The van der Waals surface area contributed by atoms with E-state index < -0.39 is 0 Å². The molecule has 9 aromatic carbocycles. The SMILES string of the molecule is C1=Cc2c(oc3cc4c(-c5ccc(-c6ccccc6)cc5)nc5ccccc5c4c(-c4ccc(-c5nc(-c6cccc7ccccc67)nc(-c6cccc7ccccc67)n5)cc4)c23)CC1. The van der Waals surface area contributed by atoms with Crippen molar-refractivity contribution in [2.45, 2.75) is 12.8 Å². The zero-order valence-corrected chi connectivity index (χ0v) is 35.2. The first kappa shape index (κ1) is 37.1. The maximum atomic E-state index is 6.80. The van der Waals surface area contributed by atoms with Crippen molar-refractivity contribution < 1.29 is 4.42 Å². The zero-order valence-electron chi connectivity index (χ0n) is 35.2. The number of aryl methyl sites for hydroxylation is 1. The van der Waals surface area contributed by atoms with Crippen LogP contribution in [0.25, 0.3) is 128 Å². The highest BCUT2D eigenvalue weighted by Gasteiger charge is 2.25. The number of aromatic nitrogens is 4. The summed E-state index contributed by atoms with van der Waals surface area (Å²) in [5.74, 6) is 2.90. The fourth-order valence-corrected chi connectivity index (χ4v) is 9.87. The van der Waals surface area contributed by atoms with Crippen molar-refractivity contribution >= 4 is 60.3 Å². The van der Waals surface area contributed by atoms with Crippen molar-refractivity contribution in [1.29, 1.82) is 0 Å². The zero-order chi connectivity index (χ0) is 42.8. The number of hydrogen-bond donors (Lipinski definition) is 0. The minimum atomic E-state index is 0.611. The van der Waals surface area contributed by atoms with Gasteiger partial charge in [0.25, 0.3) is 0 Å². The number of benzene rings is 9. The molecular weight excluding hydrogens is 793 g/mol. The number of rotatable bonds is 6. The van der Waals surface area contributed by atoms with Crippen LogP contribution in [0.2, 0.25) is 0 Å². The molecule has 12 aromatic rings. The van der Waals surface area contributed by atoms with E-state index in [2.05, 4.69) is 206 Å². The Morgan fingerprint density at radius 1 is 0.400 bits per heavy atom. The van der Waals surface area contributed by atoms with Crippen molar-refractivity contribution in [2.24, 2.45) is 0 Å². The number of furan rings is 1. The molecule has 65 heavy (non-hydrogen) atoms. The van der Waals surface area contributed by atoms with Crippen LogP contribution in [0.4, 0.5) is 0 Å². The summed E-state index contributed by atoms with van der Waals surface area (Å²) in [6.07, 6.45) is 6.32. The van der Waals surface area contributed by atoms with Crippen LogP contribution < -0.4 is 0 Å². The fourth-order valence-electron chi connectivity index (χ4n) is 9.87. The van der Waals surface area contributed by atoms with Crippen molar-refractivity contribution in [3.63, 3.8) is 0 Å². The van der Waals surface area contributed by atoms with E-state index in [1.807, 2.05) is 0 Å². The van der Waals surface area contributed by atoms with E-state index in [1.54, 1.807) is 0 Å². The number of pyridine rings is 1. The predicted molar refractivity (Wildman–Crippen MR) is 267 cm³/mol. The summed E-state index contributed by atoms with van der Waals surface area (Å²) in [7, 11) is 0. The summed E-state index contributed by atoms with van der Waals surface area (Å²) in [4.78, 5) is 21.1. The Balaban J connectivity index is 1.03. The molecule has 1 aliphatic rings. The Hall–Kier alpha value is -8.54. The molecule has 0 aliphatic heterocycles. The van der Waals surface area contributed by atoms with E-state index in [1.165, 1.54) is 11.1 Å². The van der Waals surface area contributed by atoms with E-state index in [-0.39, 0.29) is 0 Å². The lowest BCUT2D eigenvalue weighted by atomic mass is 9.88. The first-order chi connectivity index (χ1) is 32.2. The standard InChI is InChI=1S/C60H38N4O/c1-2-14-37(15-3-1)38-28-32-42(33-29-38)57-50-36-53-56(49-23-9-11-27-52(49)65-53)54(55(50)48-22-8-10-26-51(48)61-57)41-30-34-43(35-31-41)58-62-59(46-24-12-18-39-16-4-6-20-44(39)46)64-60(63-58)47-25-13-19-40-17-5-7-21-45(40)47/h1-10,12-26,28-36H,11,27H2. The molecule has 3 aromatic heterocycles. The number of allylic oxidation sites excluding steroid dienone is 1. The van der Waals surface area contributed by atoms with Gasteiger partial charge in [-0.1, -0.05) is 194 Å². The molecule has 5 nitrogen and oxygen atoms in total. The summed E-state index contributed by atoms with van der Waals surface area (Å²) in [5.41, 5.74) is 12.3. The lowest BCUT2D eigenvalue weighted by Gasteiger charge is -2.16. The second-order valence-electron chi connectivity index (χ2n) is 16.8. The maximum Gasteiger partial charge on any atom is 0.164 e. The molecule has 304 valence electrons. The third-order valence-electron chi connectivity index (χ3n) is 13.0. The summed E-state index contributed by atoms with van der Waals surface area (Å²) in [6, 6.07) is 68.2. The number of hydrogen-bond acceptors (Lipinski definition) is 5. The Morgan fingerprint density at radius 2 is 0.954 bits per heavy atom. The second-order valence-corrected chi connectivity index (χ2v) is 16.8. The van der Waals surface area contributed by atoms with Gasteiger partial charge in [-0.15, -0.1) is 0 Å². The highest BCUT2D eigenvalue weighted by Crippen LogP contribution is 2.47. The highest BCUT2D eigenvalue weighted by atomic mass is 16.3. The molecule has 0 bridgehead atoms. The average molecular weight is 831 g/mol. The van der Waals surface area contributed by atoms with Gasteiger partial charge in [-0.25, -0.2) is 19.9 Å². The van der Waals surface area contributed by atoms with Crippen molar-refractivity contribution in [3.8, 4) is 67.7 Å². The molecule has 1 aliphatic carbocycles. The smallest absolute Gasteiger partial charge is 0.164 e.